The molecule has 1 aromatic rings. The number of fused-ring (bicyclic) bond motifs is 1. The predicted octanol–water partition coefficient (Wildman–Crippen LogP) is 2.01. The molecule has 2 N–H and O–H groups in total. The third-order valence-electron chi connectivity index (χ3n) is 4.55. The minimum Gasteiger partial charge on any atom is -0.338 e. The first-order valence-electron chi connectivity index (χ1n) is 7.47. The van der Waals surface area contributed by atoms with Gasteiger partial charge in [-0.1, -0.05) is 18.3 Å². The lowest BCUT2D eigenvalue weighted by atomic mass is 10.0. The van der Waals surface area contributed by atoms with E-state index < -0.39 is 0 Å². The Morgan fingerprint density at radius 2 is 2.05 bits per heavy atom. The van der Waals surface area contributed by atoms with Crippen LogP contribution in [0.15, 0.2) is 18.2 Å². The van der Waals surface area contributed by atoms with Crippen LogP contribution in [0.1, 0.15) is 35.2 Å². The molecule has 1 aliphatic carbocycles. The molecule has 1 saturated carbocycles. The molecule has 1 heterocycles. The highest BCUT2D eigenvalue weighted by molar-refractivity contribution is 5.97. The number of amides is 1. The zero-order chi connectivity index (χ0) is 14.8. The molecule has 1 aliphatic heterocycles. The lowest BCUT2D eigenvalue weighted by Crippen LogP contribution is -2.30. The number of hydrogen-bond donors (Lipinski definition) is 1. The largest absolute Gasteiger partial charge is 0.338 e. The van der Waals surface area contributed by atoms with Crippen molar-refractivity contribution in [3.05, 3.63) is 35.1 Å². The first-order valence-corrected chi connectivity index (χ1v) is 7.47. The van der Waals surface area contributed by atoms with Gasteiger partial charge in [0.05, 0.1) is 12.1 Å². The number of benzene rings is 1. The van der Waals surface area contributed by atoms with E-state index in [9.17, 15) is 9.18 Å². The van der Waals surface area contributed by atoms with Crippen molar-refractivity contribution >= 4 is 5.91 Å². The van der Waals surface area contributed by atoms with Crippen LogP contribution in [0.25, 0.3) is 0 Å². The van der Waals surface area contributed by atoms with Crippen molar-refractivity contribution in [1.29, 1.82) is 0 Å². The fourth-order valence-electron chi connectivity index (χ4n) is 3.52. The van der Waals surface area contributed by atoms with E-state index in [0.717, 1.165) is 13.1 Å². The fraction of sp³-hybridized carbons (Fsp3) is 0.471. The van der Waals surface area contributed by atoms with Gasteiger partial charge in [0.25, 0.3) is 5.91 Å². The maximum absolute atomic E-state index is 13.4. The molecule has 4 heteroatoms. The number of nitrogens with two attached hydrogens (primary N) is 1. The van der Waals surface area contributed by atoms with E-state index >= 15 is 0 Å². The van der Waals surface area contributed by atoms with Crippen LogP contribution in [-0.4, -0.2) is 30.4 Å². The van der Waals surface area contributed by atoms with Gasteiger partial charge in [-0.2, -0.15) is 0 Å². The van der Waals surface area contributed by atoms with E-state index in [1.165, 1.54) is 37.5 Å². The summed E-state index contributed by atoms with van der Waals surface area (Å²) in [4.78, 5) is 14.6. The predicted molar refractivity (Wildman–Crippen MR) is 79.1 cm³/mol. The summed E-state index contributed by atoms with van der Waals surface area (Å²) in [6.45, 7) is 1.84. The van der Waals surface area contributed by atoms with Crippen molar-refractivity contribution in [2.24, 2.45) is 17.6 Å². The van der Waals surface area contributed by atoms with E-state index in [4.69, 9.17) is 5.73 Å². The summed E-state index contributed by atoms with van der Waals surface area (Å²) in [5, 5.41) is 0. The van der Waals surface area contributed by atoms with E-state index in [1.54, 1.807) is 0 Å². The molecule has 3 rings (SSSR count). The molecular formula is C17H19FN2O. The molecule has 1 saturated heterocycles. The van der Waals surface area contributed by atoms with Crippen LogP contribution in [-0.2, 0) is 0 Å². The molecule has 2 fully saturated rings. The molecule has 1 amide bonds. The second-order valence-corrected chi connectivity index (χ2v) is 5.86. The summed E-state index contributed by atoms with van der Waals surface area (Å²) in [6.07, 6.45) is 3.72. The Kier molecular flexibility index (Phi) is 3.94. The summed E-state index contributed by atoms with van der Waals surface area (Å²) in [5.74, 6) is 6.38. The molecular weight excluding hydrogens is 267 g/mol. The smallest absolute Gasteiger partial charge is 0.255 e. The molecule has 0 spiro atoms. The molecule has 0 aromatic heterocycles. The number of likely N-dealkylation sites (tertiary alicyclic amines) is 1. The average molecular weight is 286 g/mol. The molecule has 2 aliphatic rings. The highest BCUT2D eigenvalue weighted by atomic mass is 19.1. The SMILES string of the molecule is NCC#Cc1cc(F)ccc1C(=O)N1CC2CCCC2C1. The van der Waals surface area contributed by atoms with E-state index in [1.807, 2.05) is 4.90 Å². The van der Waals surface area contributed by atoms with Gasteiger partial charge in [0.15, 0.2) is 0 Å². The van der Waals surface area contributed by atoms with Crippen molar-refractivity contribution in [2.75, 3.05) is 19.6 Å². The number of carbonyl (C=O) groups excluding carboxylic acids is 1. The van der Waals surface area contributed by atoms with Crippen LogP contribution in [0.4, 0.5) is 4.39 Å². The standard InChI is InChI=1S/C17H19FN2O/c18-15-6-7-16(12(9-15)5-2-8-19)17(21)20-10-13-3-1-4-14(13)11-20/h6-7,9,13-14H,1,3-4,8,10-11,19H2. The van der Waals surface area contributed by atoms with Gasteiger partial charge in [-0.15, -0.1) is 0 Å². The Balaban J connectivity index is 1.84. The van der Waals surface area contributed by atoms with Crippen molar-refractivity contribution < 1.29 is 9.18 Å². The Bertz CT molecular complexity index is 605. The van der Waals surface area contributed by atoms with Gasteiger partial charge in [0, 0.05) is 18.7 Å². The number of carbonyl (C=O) groups is 1. The van der Waals surface area contributed by atoms with E-state index in [0.29, 0.717) is 23.0 Å². The Morgan fingerprint density at radius 1 is 1.33 bits per heavy atom. The van der Waals surface area contributed by atoms with Gasteiger partial charge in [-0.25, -0.2) is 4.39 Å². The highest BCUT2D eigenvalue weighted by Gasteiger charge is 2.38. The average Bonchev–Trinajstić information content (AvgIpc) is 3.05. The highest BCUT2D eigenvalue weighted by Crippen LogP contribution is 2.38. The monoisotopic (exact) mass is 286 g/mol. The van der Waals surface area contributed by atoms with Gasteiger partial charge in [0.2, 0.25) is 0 Å². The Labute approximate surface area is 124 Å². The minimum atomic E-state index is -0.383. The molecule has 21 heavy (non-hydrogen) atoms. The van der Waals surface area contributed by atoms with Crippen molar-refractivity contribution in [3.63, 3.8) is 0 Å². The maximum atomic E-state index is 13.4. The number of hydrogen-bond acceptors (Lipinski definition) is 2. The Hall–Kier alpha value is -1.86. The Morgan fingerprint density at radius 3 is 2.71 bits per heavy atom. The van der Waals surface area contributed by atoms with Gasteiger partial charge in [-0.3, -0.25) is 4.79 Å². The van der Waals surface area contributed by atoms with Gasteiger partial charge < -0.3 is 10.6 Å². The van der Waals surface area contributed by atoms with Gasteiger partial charge >= 0.3 is 0 Å². The summed E-state index contributed by atoms with van der Waals surface area (Å²) in [7, 11) is 0. The normalized spacial score (nSPS) is 23.6. The van der Waals surface area contributed by atoms with E-state index in [-0.39, 0.29) is 18.3 Å². The van der Waals surface area contributed by atoms with Crippen LogP contribution in [0.5, 0.6) is 0 Å². The summed E-state index contributed by atoms with van der Waals surface area (Å²) >= 11 is 0. The number of rotatable bonds is 1. The topological polar surface area (TPSA) is 46.3 Å². The van der Waals surface area contributed by atoms with E-state index in [2.05, 4.69) is 11.8 Å². The molecule has 0 radical (unpaired) electrons. The minimum absolute atomic E-state index is 0.0364. The summed E-state index contributed by atoms with van der Waals surface area (Å²) in [6, 6.07) is 4.16. The van der Waals surface area contributed by atoms with Crippen LogP contribution in [0.3, 0.4) is 0 Å². The van der Waals surface area contributed by atoms with Crippen molar-refractivity contribution in [3.8, 4) is 11.8 Å². The maximum Gasteiger partial charge on any atom is 0.255 e. The van der Waals surface area contributed by atoms with Crippen LogP contribution in [0, 0.1) is 29.5 Å². The fourth-order valence-corrected chi connectivity index (χ4v) is 3.52. The third-order valence-corrected chi connectivity index (χ3v) is 4.55. The molecule has 110 valence electrons. The van der Waals surface area contributed by atoms with Crippen LogP contribution in [0.2, 0.25) is 0 Å². The first-order chi connectivity index (χ1) is 10.2. The van der Waals surface area contributed by atoms with Gasteiger partial charge in [-0.05, 0) is 42.9 Å². The first kappa shape index (κ1) is 14.1. The summed E-state index contributed by atoms with van der Waals surface area (Å²) in [5.41, 5.74) is 6.28. The second kappa shape index (κ2) is 5.87. The molecule has 1 aromatic carbocycles. The number of halogens is 1. The van der Waals surface area contributed by atoms with Crippen LogP contribution < -0.4 is 5.73 Å². The molecule has 0 bridgehead atoms. The number of nitrogens with zero attached hydrogens (tertiary/aromatic N) is 1. The quantitative estimate of drug-likeness (QED) is 0.803. The zero-order valence-electron chi connectivity index (χ0n) is 11.9. The van der Waals surface area contributed by atoms with Gasteiger partial charge in [0.1, 0.15) is 5.82 Å². The lowest BCUT2D eigenvalue weighted by molar-refractivity contribution is 0.0780. The molecule has 3 nitrogen and oxygen atoms in total. The third kappa shape index (κ3) is 2.79. The van der Waals surface area contributed by atoms with Crippen LogP contribution >= 0.6 is 0 Å². The lowest BCUT2D eigenvalue weighted by Gasteiger charge is -2.18. The zero-order valence-corrected chi connectivity index (χ0v) is 11.9. The summed E-state index contributed by atoms with van der Waals surface area (Å²) < 4.78 is 13.4. The second-order valence-electron chi connectivity index (χ2n) is 5.86. The molecule has 2 atom stereocenters. The molecule has 2 unspecified atom stereocenters. The van der Waals surface area contributed by atoms with Crippen molar-refractivity contribution in [2.45, 2.75) is 19.3 Å². The van der Waals surface area contributed by atoms with Crippen molar-refractivity contribution in [1.82, 2.24) is 4.90 Å².